The number of rotatable bonds is 14. The number of unbranched alkanes of at least 4 members (excludes halogenated alkanes) is 10. The Bertz CT molecular complexity index is 222. The lowest BCUT2D eigenvalue weighted by molar-refractivity contribution is -0.146. The Morgan fingerprint density at radius 2 is 1.40 bits per heavy atom. The van der Waals surface area contributed by atoms with Crippen molar-refractivity contribution in [1.82, 2.24) is 0 Å². The summed E-state index contributed by atoms with van der Waals surface area (Å²) in [5.41, 5.74) is 5.33. The van der Waals surface area contributed by atoms with E-state index in [1.165, 1.54) is 57.8 Å². The van der Waals surface area contributed by atoms with Gasteiger partial charge in [-0.2, -0.15) is 0 Å². The summed E-state index contributed by atoms with van der Waals surface area (Å²) in [6, 6.07) is -0.886. The highest BCUT2D eigenvalue weighted by atomic mass is 16.5. The van der Waals surface area contributed by atoms with Gasteiger partial charge in [0, 0.05) is 0 Å². The van der Waals surface area contributed by atoms with Gasteiger partial charge in [0.1, 0.15) is 6.04 Å². The van der Waals surface area contributed by atoms with E-state index in [-0.39, 0.29) is 6.61 Å². The summed E-state index contributed by atoms with van der Waals surface area (Å²) in [4.78, 5) is 11.1. The summed E-state index contributed by atoms with van der Waals surface area (Å²) in [6.45, 7) is 2.31. The fraction of sp³-hybridized carbons (Fsp3) is 0.938. The zero-order valence-electron chi connectivity index (χ0n) is 13.1. The van der Waals surface area contributed by atoms with Crippen molar-refractivity contribution in [3.8, 4) is 0 Å². The van der Waals surface area contributed by atoms with Gasteiger partial charge in [-0.15, -0.1) is 0 Å². The van der Waals surface area contributed by atoms with Gasteiger partial charge in [0.25, 0.3) is 0 Å². The van der Waals surface area contributed by atoms with Gasteiger partial charge in [-0.1, -0.05) is 71.1 Å². The van der Waals surface area contributed by atoms with Gasteiger partial charge < -0.3 is 15.6 Å². The van der Waals surface area contributed by atoms with Gasteiger partial charge in [-0.25, -0.2) is 0 Å². The van der Waals surface area contributed by atoms with Gasteiger partial charge in [-0.3, -0.25) is 4.79 Å². The summed E-state index contributed by atoms with van der Waals surface area (Å²) in [6.07, 6.45) is 14.0. The van der Waals surface area contributed by atoms with Gasteiger partial charge >= 0.3 is 5.97 Å². The molecule has 0 saturated carbocycles. The lowest BCUT2D eigenvalue weighted by Gasteiger charge is -2.08. The number of hydrogen-bond donors (Lipinski definition) is 2. The molecule has 0 rings (SSSR count). The van der Waals surface area contributed by atoms with Crippen LogP contribution in [-0.4, -0.2) is 30.3 Å². The molecule has 0 aromatic heterocycles. The first-order chi connectivity index (χ1) is 9.72. The molecule has 0 aliphatic heterocycles. The predicted octanol–water partition coefficient (Wildman–Crippen LogP) is 3.16. The number of carbonyl (C=O) groups is 1. The summed E-state index contributed by atoms with van der Waals surface area (Å²) in [5, 5.41) is 8.67. The number of ether oxygens (including phenoxy) is 1. The van der Waals surface area contributed by atoms with Crippen LogP contribution in [0.1, 0.15) is 77.6 Å². The zero-order chi connectivity index (χ0) is 15.1. The highest BCUT2D eigenvalue weighted by molar-refractivity contribution is 5.75. The fourth-order valence-electron chi connectivity index (χ4n) is 2.12. The maximum Gasteiger partial charge on any atom is 0.325 e. The van der Waals surface area contributed by atoms with Crippen LogP contribution in [0.5, 0.6) is 0 Å². The van der Waals surface area contributed by atoms with E-state index in [1.54, 1.807) is 0 Å². The van der Waals surface area contributed by atoms with Gasteiger partial charge in [-0.05, 0) is 6.42 Å². The molecule has 20 heavy (non-hydrogen) atoms. The molecule has 4 nitrogen and oxygen atoms in total. The molecule has 0 unspecified atom stereocenters. The number of esters is 1. The van der Waals surface area contributed by atoms with Crippen LogP contribution >= 0.6 is 0 Å². The fourth-order valence-corrected chi connectivity index (χ4v) is 2.12. The van der Waals surface area contributed by atoms with Crippen LogP contribution in [0.2, 0.25) is 0 Å². The minimum Gasteiger partial charge on any atom is -0.464 e. The Kier molecular flexibility index (Phi) is 14.3. The molecule has 120 valence electrons. The maximum absolute atomic E-state index is 11.1. The topological polar surface area (TPSA) is 72.5 Å². The molecule has 0 fully saturated rings. The van der Waals surface area contributed by atoms with Crippen molar-refractivity contribution in [1.29, 1.82) is 0 Å². The van der Waals surface area contributed by atoms with Crippen molar-refractivity contribution in [2.24, 2.45) is 5.73 Å². The summed E-state index contributed by atoms with van der Waals surface area (Å²) < 4.78 is 4.95. The Balaban J connectivity index is 3.11. The highest BCUT2D eigenvalue weighted by Crippen LogP contribution is 2.11. The van der Waals surface area contributed by atoms with Crippen molar-refractivity contribution < 1.29 is 14.6 Å². The molecule has 1 atom stereocenters. The molecular formula is C16H33NO3. The molecule has 0 heterocycles. The number of hydrogen-bond acceptors (Lipinski definition) is 4. The lowest BCUT2D eigenvalue weighted by Crippen LogP contribution is -2.35. The molecule has 0 radical (unpaired) electrons. The molecule has 0 aromatic carbocycles. The van der Waals surface area contributed by atoms with Crippen molar-refractivity contribution in [3.63, 3.8) is 0 Å². The molecule has 0 saturated heterocycles. The van der Waals surface area contributed by atoms with Crippen LogP contribution in [-0.2, 0) is 9.53 Å². The first kappa shape index (κ1) is 19.4. The Morgan fingerprint density at radius 1 is 0.950 bits per heavy atom. The second-order valence-corrected chi connectivity index (χ2v) is 5.49. The van der Waals surface area contributed by atoms with Crippen molar-refractivity contribution in [2.75, 3.05) is 13.2 Å². The summed E-state index contributed by atoms with van der Waals surface area (Å²) in [5.74, 6) is -0.500. The standard InChI is InChI=1S/C16H33NO3/c1-2-3-4-5-6-7-8-9-10-11-12-13-20-16(19)15(17)14-18/h15,18H,2-14,17H2,1H3/t15-/m0/s1. The molecule has 0 aromatic rings. The average Bonchev–Trinajstić information content (AvgIpc) is 2.47. The van der Waals surface area contributed by atoms with E-state index in [9.17, 15) is 4.79 Å². The third-order valence-electron chi connectivity index (χ3n) is 3.49. The summed E-state index contributed by atoms with van der Waals surface area (Å²) >= 11 is 0. The number of carbonyl (C=O) groups excluding carboxylic acids is 1. The normalized spacial score (nSPS) is 12.3. The Hall–Kier alpha value is -0.610. The van der Waals surface area contributed by atoms with E-state index in [0.29, 0.717) is 6.61 Å². The van der Waals surface area contributed by atoms with Crippen LogP contribution < -0.4 is 5.73 Å². The molecular weight excluding hydrogens is 254 g/mol. The van der Waals surface area contributed by atoms with Crippen LogP contribution in [0.15, 0.2) is 0 Å². The Labute approximate surface area is 124 Å². The highest BCUT2D eigenvalue weighted by Gasteiger charge is 2.12. The third kappa shape index (κ3) is 12.4. The minimum atomic E-state index is -0.886. The van der Waals surface area contributed by atoms with E-state index in [1.807, 2.05) is 0 Å². The second-order valence-electron chi connectivity index (χ2n) is 5.49. The van der Waals surface area contributed by atoms with E-state index >= 15 is 0 Å². The van der Waals surface area contributed by atoms with Crippen LogP contribution in [0.4, 0.5) is 0 Å². The molecule has 0 aliphatic carbocycles. The monoisotopic (exact) mass is 287 g/mol. The predicted molar refractivity (Wildman–Crippen MR) is 82.5 cm³/mol. The number of aliphatic hydroxyl groups excluding tert-OH is 1. The number of aliphatic hydroxyl groups is 1. The maximum atomic E-state index is 11.1. The first-order valence-corrected chi connectivity index (χ1v) is 8.25. The first-order valence-electron chi connectivity index (χ1n) is 8.25. The van der Waals surface area contributed by atoms with Crippen LogP contribution in [0.3, 0.4) is 0 Å². The summed E-state index contributed by atoms with van der Waals surface area (Å²) in [7, 11) is 0. The lowest BCUT2D eigenvalue weighted by atomic mass is 10.1. The van der Waals surface area contributed by atoms with Crippen LogP contribution in [0.25, 0.3) is 0 Å². The van der Waals surface area contributed by atoms with Gasteiger partial charge in [0.05, 0.1) is 13.2 Å². The van der Waals surface area contributed by atoms with Crippen molar-refractivity contribution >= 4 is 5.97 Å². The van der Waals surface area contributed by atoms with Gasteiger partial charge in [0.15, 0.2) is 0 Å². The van der Waals surface area contributed by atoms with E-state index in [4.69, 9.17) is 15.6 Å². The van der Waals surface area contributed by atoms with Crippen molar-refractivity contribution in [3.05, 3.63) is 0 Å². The largest absolute Gasteiger partial charge is 0.464 e. The second kappa shape index (κ2) is 14.8. The molecule has 0 bridgehead atoms. The van der Waals surface area contributed by atoms with Crippen molar-refractivity contribution in [2.45, 2.75) is 83.6 Å². The molecule has 0 spiro atoms. The van der Waals surface area contributed by atoms with E-state index < -0.39 is 12.0 Å². The van der Waals surface area contributed by atoms with E-state index in [2.05, 4.69) is 6.92 Å². The molecule has 0 amide bonds. The van der Waals surface area contributed by atoms with Crippen LogP contribution in [0, 0.1) is 0 Å². The van der Waals surface area contributed by atoms with E-state index in [0.717, 1.165) is 12.8 Å². The quantitative estimate of drug-likeness (QED) is 0.380. The molecule has 4 heteroatoms. The number of nitrogens with two attached hydrogens (primary N) is 1. The molecule has 3 N–H and O–H groups in total. The third-order valence-corrected chi connectivity index (χ3v) is 3.49. The smallest absolute Gasteiger partial charge is 0.325 e. The zero-order valence-corrected chi connectivity index (χ0v) is 13.1. The SMILES string of the molecule is CCCCCCCCCCCCCOC(=O)[C@@H](N)CO. The van der Waals surface area contributed by atoms with Gasteiger partial charge in [0.2, 0.25) is 0 Å². The Morgan fingerprint density at radius 3 is 1.85 bits per heavy atom. The minimum absolute atomic E-state index is 0.350. The molecule has 0 aliphatic rings. The average molecular weight is 287 g/mol.